The zero-order valence-electron chi connectivity index (χ0n) is 15.2. The van der Waals surface area contributed by atoms with E-state index in [2.05, 4.69) is 20.4 Å². The minimum Gasteiger partial charge on any atom is -0.378 e. The Morgan fingerprint density at radius 3 is 2.72 bits per heavy atom. The van der Waals surface area contributed by atoms with Crippen LogP contribution in [0.15, 0.2) is 5.16 Å². The summed E-state index contributed by atoms with van der Waals surface area (Å²) >= 11 is 1.47. The first kappa shape index (κ1) is 18.5. The molecule has 7 nitrogen and oxygen atoms in total. The summed E-state index contributed by atoms with van der Waals surface area (Å²) in [5, 5.41) is 12.3. The molecule has 1 saturated heterocycles. The van der Waals surface area contributed by atoms with Crippen LogP contribution in [0.4, 0.5) is 5.95 Å². The molecular weight excluding hydrogens is 338 g/mol. The van der Waals surface area contributed by atoms with Gasteiger partial charge in [0.25, 0.3) is 0 Å². The number of nitrogens with one attached hydrogen (secondary N) is 1. The lowest BCUT2D eigenvalue weighted by Gasteiger charge is -2.27. The Hall–Kier alpha value is -1.28. The SMILES string of the molecule is CC(Sc1nnc(N2CCOCC2)n1C)C(=O)NCC1CCCCC1. The highest BCUT2D eigenvalue weighted by Gasteiger charge is 2.23. The summed E-state index contributed by atoms with van der Waals surface area (Å²) in [7, 11) is 1.96. The van der Waals surface area contributed by atoms with Crippen LogP contribution in [0.5, 0.6) is 0 Å². The fourth-order valence-corrected chi connectivity index (χ4v) is 4.27. The molecule has 2 fully saturated rings. The molecular formula is C17H29N5O2S. The van der Waals surface area contributed by atoms with Gasteiger partial charge in [0.05, 0.1) is 18.5 Å². The van der Waals surface area contributed by atoms with Gasteiger partial charge in [0.1, 0.15) is 0 Å². The van der Waals surface area contributed by atoms with Crippen LogP contribution in [0.2, 0.25) is 0 Å². The van der Waals surface area contributed by atoms with Crippen molar-refractivity contribution in [2.75, 3.05) is 37.7 Å². The molecule has 3 rings (SSSR count). The number of anilines is 1. The molecule has 1 saturated carbocycles. The van der Waals surface area contributed by atoms with Gasteiger partial charge in [-0.25, -0.2) is 0 Å². The predicted molar refractivity (Wildman–Crippen MR) is 98.9 cm³/mol. The topological polar surface area (TPSA) is 72.3 Å². The van der Waals surface area contributed by atoms with Gasteiger partial charge in [-0.05, 0) is 25.7 Å². The lowest BCUT2D eigenvalue weighted by molar-refractivity contribution is -0.120. The van der Waals surface area contributed by atoms with Gasteiger partial charge in [-0.2, -0.15) is 0 Å². The molecule has 0 bridgehead atoms. The third kappa shape index (κ3) is 4.88. The molecule has 2 heterocycles. The van der Waals surface area contributed by atoms with E-state index in [0.717, 1.165) is 44.0 Å². The minimum absolute atomic E-state index is 0.0893. The maximum atomic E-state index is 12.4. The number of nitrogens with zero attached hydrogens (tertiary/aromatic N) is 4. The number of thioether (sulfide) groups is 1. The molecule has 2 aliphatic rings. The fourth-order valence-electron chi connectivity index (χ4n) is 3.44. The lowest BCUT2D eigenvalue weighted by Crippen LogP contribution is -2.37. The summed E-state index contributed by atoms with van der Waals surface area (Å²) in [6, 6.07) is 0. The highest BCUT2D eigenvalue weighted by molar-refractivity contribution is 8.00. The van der Waals surface area contributed by atoms with Crippen molar-refractivity contribution in [3.8, 4) is 0 Å². The van der Waals surface area contributed by atoms with Crippen molar-refractivity contribution in [2.45, 2.75) is 49.4 Å². The van der Waals surface area contributed by atoms with E-state index in [-0.39, 0.29) is 11.2 Å². The second kappa shape index (κ2) is 8.89. The molecule has 1 aromatic heterocycles. The number of carbonyl (C=O) groups excluding carboxylic acids is 1. The molecule has 140 valence electrons. The summed E-state index contributed by atoms with van der Waals surface area (Å²) in [5.74, 6) is 1.59. The number of aromatic nitrogens is 3. The average Bonchev–Trinajstić information content (AvgIpc) is 3.01. The second-order valence-electron chi connectivity index (χ2n) is 6.95. The van der Waals surface area contributed by atoms with E-state index >= 15 is 0 Å². The number of carbonyl (C=O) groups is 1. The van der Waals surface area contributed by atoms with Crippen LogP contribution in [0.3, 0.4) is 0 Å². The summed E-state index contributed by atoms with van der Waals surface area (Å²) < 4.78 is 7.36. The van der Waals surface area contributed by atoms with Crippen LogP contribution < -0.4 is 10.2 Å². The molecule has 1 aromatic rings. The second-order valence-corrected chi connectivity index (χ2v) is 8.26. The van der Waals surface area contributed by atoms with Crippen LogP contribution in [-0.2, 0) is 16.6 Å². The number of morpholine rings is 1. The summed E-state index contributed by atoms with van der Waals surface area (Å²) in [6.07, 6.45) is 6.43. The molecule has 1 unspecified atom stereocenters. The largest absolute Gasteiger partial charge is 0.378 e. The Morgan fingerprint density at radius 2 is 2.00 bits per heavy atom. The van der Waals surface area contributed by atoms with Crippen molar-refractivity contribution < 1.29 is 9.53 Å². The van der Waals surface area contributed by atoms with E-state index in [1.807, 2.05) is 18.5 Å². The van der Waals surface area contributed by atoms with Crippen LogP contribution in [0.25, 0.3) is 0 Å². The normalized spacial score (nSPS) is 20.5. The maximum absolute atomic E-state index is 12.4. The zero-order valence-corrected chi connectivity index (χ0v) is 16.1. The Kier molecular flexibility index (Phi) is 6.58. The van der Waals surface area contributed by atoms with Gasteiger partial charge in [0, 0.05) is 26.7 Å². The smallest absolute Gasteiger partial charge is 0.233 e. The van der Waals surface area contributed by atoms with Crippen molar-refractivity contribution in [3.63, 3.8) is 0 Å². The third-order valence-electron chi connectivity index (χ3n) is 5.05. The van der Waals surface area contributed by atoms with E-state index in [1.165, 1.54) is 43.9 Å². The van der Waals surface area contributed by atoms with Gasteiger partial charge >= 0.3 is 0 Å². The molecule has 0 radical (unpaired) electrons. The number of ether oxygens (including phenoxy) is 1. The van der Waals surface area contributed by atoms with Gasteiger partial charge in [0.2, 0.25) is 11.9 Å². The number of rotatable bonds is 6. The zero-order chi connectivity index (χ0) is 17.6. The van der Waals surface area contributed by atoms with Gasteiger partial charge in [-0.15, -0.1) is 10.2 Å². The van der Waals surface area contributed by atoms with E-state index in [0.29, 0.717) is 5.92 Å². The predicted octanol–water partition coefficient (Wildman–Crippen LogP) is 1.83. The van der Waals surface area contributed by atoms with Crippen LogP contribution in [0.1, 0.15) is 39.0 Å². The molecule has 1 N–H and O–H groups in total. The molecule has 1 aliphatic carbocycles. The van der Waals surface area contributed by atoms with Crippen LogP contribution in [0, 0.1) is 5.92 Å². The Labute approximate surface area is 153 Å². The van der Waals surface area contributed by atoms with Crippen molar-refractivity contribution in [3.05, 3.63) is 0 Å². The molecule has 1 aliphatic heterocycles. The van der Waals surface area contributed by atoms with E-state index in [4.69, 9.17) is 4.74 Å². The van der Waals surface area contributed by atoms with Crippen LogP contribution in [-0.4, -0.2) is 58.8 Å². The summed E-state index contributed by atoms with van der Waals surface area (Å²) in [6.45, 7) is 5.83. The number of hydrogen-bond donors (Lipinski definition) is 1. The average molecular weight is 368 g/mol. The first-order chi connectivity index (χ1) is 12.1. The van der Waals surface area contributed by atoms with Crippen molar-refractivity contribution in [1.29, 1.82) is 0 Å². The van der Waals surface area contributed by atoms with E-state index in [9.17, 15) is 4.79 Å². The van der Waals surface area contributed by atoms with Gasteiger partial charge in [-0.1, -0.05) is 31.0 Å². The number of amides is 1. The molecule has 8 heteroatoms. The fraction of sp³-hybridized carbons (Fsp3) is 0.824. The Bertz CT molecular complexity index is 567. The van der Waals surface area contributed by atoms with Crippen molar-refractivity contribution in [1.82, 2.24) is 20.1 Å². The Balaban J connectivity index is 1.50. The monoisotopic (exact) mass is 367 g/mol. The molecule has 0 aromatic carbocycles. The number of hydrogen-bond acceptors (Lipinski definition) is 6. The van der Waals surface area contributed by atoms with Gasteiger partial charge < -0.3 is 15.0 Å². The minimum atomic E-state index is -0.177. The van der Waals surface area contributed by atoms with Gasteiger partial charge in [0.15, 0.2) is 5.16 Å². The van der Waals surface area contributed by atoms with E-state index < -0.39 is 0 Å². The Morgan fingerprint density at radius 1 is 1.28 bits per heavy atom. The lowest BCUT2D eigenvalue weighted by atomic mass is 9.89. The summed E-state index contributed by atoms with van der Waals surface area (Å²) in [5.41, 5.74) is 0. The van der Waals surface area contributed by atoms with Crippen molar-refractivity contribution in [2.24, 2.45) is 13.0 Å². The highest BCUT2D eigenvalue weighted by Crippen LogP contribution is 2.26. The highest BCUT2D eigenvalue weighted by atomic mass is 32.2. The molecule has 1 atom stereocenters. The quantitative estimate of drug-likeness (QED) is 0.774. The molecule has 1 amide bonds. The van der Waals surface area contributed by atoms with Crippen molar-refractivity contribution >= 4 is 23.6 Å². The molecule has 25 heavy (non-hydrogen) atoms. The van der Waals surface area contributed by atoms with E-state index in [1.54, 1.807) is 0 Å². The molecule has 0 spiro atoms. The first-order valence-electron chi connectivity index (χ1n) is 9.31. The summed E-state index contributed by atoms with van der Waals surface area (Å²) in [4.78, 5) is 14.6. The van der Waals surface area contributed by atoms with Gasteiger partial charge in [-0.3, -0.25) is 9.36 Å². The standard InChI is InChI=1S/C17H29N5O2S/c1-13(15(23)18-12-14-6-4-3-5-7-14)25-17-20-19-16(21(17)2)22-8-10-24-11-9-22/h13-14H,3-12H2,1-2H3,(H,18,23). The maximum Gasteiger partial charge on any atom is 0.233 e. The third-order valence-corrected chi connectivity index (χ3v) is 6.18. The van der Waals surface area contributed by atoms with Crippen LogP contribution >= 0.6 is 11.8 Å². The first-order valence-corrected chi connectivity index (χ1v) is 10.2.